The number of aryl methyl sites for hydroxylation is 3. The van der Waals surface area contributed by atoms with Crippen molar-refractivity contribution in [2.45, 2.75) is 26.7 Å². The first-order valence-electron chi connectivity index (χ1n) is 8.53. The summed E-state index contributed by atoms with van der Waals surface area (Å²) in [6.45, 7) is 3.08. The smallest absolute Gasteiger partial charge is 0.341 e. The highest BCUT2D eigenvalue weighted by Crippen LogP contribution is 2.28. The van der Waals surface area contributed by atoms with Gasteiger partial charge >= 0.3 is 5.97 Å². The summed E-state index contributed by atoms with van der Waals surface area (Å²) < 4.78 is 5.28. The van der Waals surface area contributed by atoms with Crippen LogP contribution in [0.2, 0.25) is 0 Å². The molecule has 0 saturated heterocycles. The molecule has 3 rings (SSSR count). The van der Waals surface area contributed by atoms with Crippen LogP contribution in [-0.2, 0) is 16.0 Å². The molecule has 2 aromatic carbocycles. The zero-order chi connectivity index (χ0) is 19.6. The van der Waals surface area contributed by atoms with Crippen LogP contribution < -0.4 is 15.4 Å². The number of nitrogens with one attached hydrogen (secondary N) is 2. The molecule has 0 spiro atoms. The van der Waals surface area contributed by atoms with Gasteiger partial charge in [0.2, 0.25) is 5.91 Å². The fraction of sp³-hybridized carbons (Fsp3) is 0.250. The average molecular weight is 368 g/mol. The van der Waals surface area contributed by atoms with Crippen molar-refractivity contribution in [3.63, 3.8) is 0 Å². The molecule has 0 aromatic heterocycles. The summed E-state index contributed by atoms with van der Waals surface area (Å²) in [5, 5.41) is 14.4. The highest BCUT2D eigenvalue weighted by Gasteiger charge is 2.17. The molecule has 0 saturated carbocycles. The van der Waals surface area contributed by atoms with E-state index in [0.717, 1.165) is 5.56 Å². The van der Waals surface area contributed by atoms with Gasteiger partial charge in [0.1, 0.15) is 5.75 Å². The van der Waals surface area contributed by atoms with Gasteiger partial charge in [0.25, 0.3) is 5.91 Å². The molecule has 0 unspecified atom stereocenters. The minimum Gasteiger partial charge on any atom is -0.481 e. The maximum absolute atomic E-state index is 12.6. The largest absolute Gasteiger partial charge is 0.481 e. The molecule has 27 heavy (non-hydrogen) atoms. The van der Waals surface area contributed by atoms with Crippen LogP contribution in [0.25, 0.3) is 0 Å². The Morgan fingerprint density at radius 1 is 1.15 bits per heavy atom. The van der Waals surface area contributed by atoms with E-state index >= 15 is 0 Å². The number of fused-ring (bicyclic) bond motifs is 1. The van der Waals surface area contributed by atoms with E-state index in [4.69, 9.17) is 9.84 Å². The third-order valence-corrected chi connectivity index (χ3v) is 4.33. The van der Waals surface area contributed by atoms with Crippen molar-refractivity contribution in [2.75, 3.05) is 17.2 Å². The van der Waals surface area contributed by atoms with Crippen LogP contribution in [0.4, 0.5) is 11.4 Å². The molecule has 1 aliphatic heterocycles. The van der Waals surface area contributed by atoms with Crippen molar-refractivity contribution < 1.29 is 24.2 Å². The third kappa shape index (κ3) is 4.25. The number of carbonyl (C=O) groups excluding carboxylic acids is 2. The van der Waals surface area contributed by atoms with Gasteiger partial charge in [-0.1, -0.05) is 6.07 Å². The summed E-state index contributed by atoms with van der Waals surface area (Å²) in [6.07, 6.45) is 1.15. The number of rotatable bonds is 5. The molecule has 2 aromatic rings. The van der Waals surface area contributed by atoms with Crippen LogP contribution in [0.15, 0.2) is 30.3 Å². The first kappa shape index (κ1) is 18.4. The molecule has 140 valence electrons. The number of anilines is 2. The van der Waals surface area contributed by atoms with Crippen molar-refractivity contribution in [3.05, 3.63) is 52.6 Å². The van der Waals surface area contributed by atoms with Gasteiger partial charge < -0.3 is 20.5 Å². The van der Waals surface area contributed by atoms with Gasteiger partial charge in [0, 0.05) is 23.4 Å². The molecule has 2 amide bonds. The molecule has 0 bridgehead atoms. The predicted octanol–water partition coefficient (Wildman–Crippen LogP) is 2.90. The molecule has 1 aliphatic rings. The topological polar surface area (TPSA) is 105 Å². The molecule has 0 fully saturated rings. The molecule has 0 aliphatic carbocycles. The Morgan fingerprint density at radius 3 is 2.52 bits per heavy atom. The summed E-state index contributed by atoms with van der Waals surface area (Å²) in [4.78, 5) is 34.8. The molecule has 0 radical (unpaired) electrons. The van der Waals surface area contributed by atoms with E-state index in [-0.39, 0.29) is 11.8 Å². The van der Waals surface area contributed by atoms with E-state index in [1.54, 1.807) is 38.1 Å². The molecule has 0 atom stereocenters. The van der Waals surface area contributed by atoms with Gasteiger partial charge in [-0.3, -0.25) is 9.59 Å². The van der Waals surface area contributed by atoms with Crippen LogP contribution >= 0.6 is 0 Å². The lowest BCUT2D eigenvalue weighted by Gasteiger charge is -2.18. The van der Waals surface area contributed by atoms with Gasteiger partial charge in [-0.2, -0.15) is 0 Å². The van der Waals surface area contributed by atoms with Crippen LogP contribution in [0.1, 0.15) is 33.5 Å². The minimum atomic E-state index is -1.06. The van der Waals surface area contributed by atoms with Gasteiger partial charge in [-0.05, 0) is 61.2 Å². The SMILES string of the molecule is Cc1cc(C(=O)Nc2ccc3c(c2)NC(=O)CC3)cc(C)c1OCC(=O)O. The molecular formula is C20H20N2O5. The number of benzene rings is 2. The Balaban J connectivity index is 1.77. The number of hydrogen-bond acceptors (Lipinski definition) is 4. The monoisotopic (exact) mass is 368 g/mol. The standard InChI is InChI=1S/C20H20N2O5/c1-11-7-14(8-12(2)19(11)27-10-18(24)25)20(26)21-15-5-3-13-4-6-17(23)22-16(13)9-15/h3,5,7-9H,4,6,10H2,1-2H3,(H,21,26)(H,22,23)(H,24,25). The van der Waals surface area contributed by atoms with E-state index in [2.05, 4.69) is 10.6 Å². The Labute approximate surface area is 156 Å². The quantitative estimate of drug-likeness (QED) is 0.753. The number of amides is 2. The minimum absolute atomic E-state index is 0.0332. The maximum Gasteiger partial charge on any atom is 0.341 e. The van der Waals surface area contributed by atoms with Crippen LogP contribution in [-0.4, -0.2) is 29.5 Å². The van der Waals surface area contributed by atoms with Gasteiger partial charge in [0.05, 0.1) is 0 Å². The highest BCUT2D eigenvalue weighted by atomic mass is 16.5. The maximum atomic E-state index is 12.6. The molecule has 3 N–H and O–H groups in total. The van der Waals surface area contributed by atoms with Crippen molar-refractivity contribution in [1.29, 1.82) is 0 Å². The summed E-state index contributed by atoms with van der Waals surface area (Å²) in [6, 6.07) is 8.75. The van der Waals surface area contributed by atoms with E-state index in [0.29, 0.717) is 46.7 Å². The Kier molecular flexibility index (Phi) is 5.12. The number of carboxylic acids is 1. The van der Waals surface area contributed by atoms with E-state index < -0.39 is 12.6 Å². The van der Waals surface area contributed by atoms with Gasteiger partial charge in [0.15, 0.2) is 6.61 Å². The van der Waals surface area contributed by atoms with Gasteiger partial charge in [-0.15, -0.1) is 0 Å². The second-order valence-electron chi connectivity index (χ2n) is 6.50. The van der Waals surface area contributed by atoms with E-state index in [9.17, 15) is 14.4 Å². The lowest BCUT2D eigenvalue weighted by Crippen LogP contribution is -2.19. The summed E-state index contributed by atoms with van der Waals surface area (Å²) in [7, 11) is 0. The molecule has 7 heteroatoms. The summed E-state index contributed by atoms with van der Waals surface area (Å²) in [5.74, 6) is -0.928. The van der Waals surface area contributed by atoms with Crippen LogP contribution in [0, 0.1) is 13.8 Å². The van der Waals surface area contributed by atoms with Crippen molar-refractivity contribution in [2.24, 2.45) is 0 Å². The van der Waals surface area contributed by atoms with Crippen molar-refractivity contribution >= 4 is 29.2 Å². The predicted molar refractivity (Wildman–Crippen MR) is 100 cm³/mol. The summed E-state index contributed by atoms with van der Waals surface area (Å²) in [5.41, 5.74) is 4.14. The fourth-order valence-electron chi connectivity index (χ4n) is 3.10. The van der Waals surface area contributed by atoms with Crippen LogP contribution in [0.5, 0.6) is 5.75 Å². The zero-order valence-electron chi connectivity index (χ0n) is 15.1. The number of carboxylic acid groups (broad SMARTS) is 1. The summed E-state index contributed by atoms with van der Waals surface area (Å²) >= 11 is 0. The number of hydrogen-bond donors (Lipinski definition) is 3. The average Bonchev–Trinajstić information content (AvgIpc) is 2.60. The first-order chi connectivity index (χ1) is 12.8. The van der Waals surface area contributed by atoms with E-state index in [1.165, 1.54) is 0 Å². The molecule has 1 heterocycles. The zero-order valence-corrected chi connectivity index (χ0v) is 15.1. The normalized spacial score (nSPS) is 12.7. The second kappa shape index (κ2) is 7.49. The lowest BCUT2D eigenvalue weighted by atomic mass is 10.0. The fourth-order valence-corrected chi connectivity index (χ4v) is 3.10. The number of aliphatic carboxylic acids is 1. The first-order valence-corrected chi connectivity index (χ1v) is 8.53. The lowest BCUT2D eigenvalue weighted by molar-refractivity contribution is -0.139. The highest BCUT2D eigenvalue weighted by molar-refractivity contribution is 6.05. The number of carbonyl (C=O) groups is 3. The molecule has 7 nitrogen and oxygen atoms in total. The Bertz CT molecular complexity index is 913. The Hall–Kier alpha value is -3.35. The Morgan fingerprint density at radius 2 is 1.85 bits per heavy atom. The van der Waals surface area contributed by atoms with E-state index in [1.807, 2.05) is 6.07 Å². The second-order valence-corrected chi connectivity index (χ2v) is 6.50. The van der Waals surface area contributed by atoms with Crippen LogP contribution in [0.3, 0.4) is 0 Å². The van der Waals surface area contributed by atoms with Gasteiger partial charge in [-0.25, -0.2) is 4.79 Å². The number of ether oxygens (including phenoxy) is 1. The third-order valence-electron chi connectivity index (χ3n) is 4.33. The van der Waals surface area contributed by atoms with Crippen molar-refractivity contribution in [1.82, 2.24) is 0 Å². The molecular weight excluding hydrogens is 348 g/mol. The van der Waals surface area contributed by atoms with Crippen molar-refractivity contribution in [3.8, 4) is 5.75 Å².